The van der Waals surface area contributed by atoms with Gasteiger partial charge in [0.15, 0.2) is 0 Å². The summed E-state index contributed by atoms with van der Waals surface area (Å²) in [5.74, 6) is 0.273. The van der Waals surface area contributed by atoms with Crippen LogP contribution in [0.1, 0.15) is 12.5 Å². The Hall–Kier alpha value is -1.85. The zero-order chi connectivity index (χ0) is 14.3. The Balaban J connectivity index is 2.74. The van der Waals surface area contributed by atoms with Gasteiger partial charge >= 0.3 is 0 Å². The second-order valence-electron chi connectivity index (χ2n) is 4.44. The van der Waals surface area contributed by atoms with Crippen LogP contribution >= 0.6 is 0 Å². The zero-order valence-electron chi connectivity index (χ0n) is 11.1. The lowest BCUT2D eigenvalue weighted by Crippen LogP contribution is -2.51. The van der Waals surface area contributed by atoms with E-state index in [1.54, 1.807) is 26.2 Å². The summed E-state index contributed by atoms with van der Waals surface area (Å²) in [7, 11) is 1.56. The van der Waals surface area contributed by atoms with Gasteiger partial charge in [0, 0.05) is 11.6 Å². The Kier molecular flexibility index (Phi) is 5.54. The molecule has 0 aromatic heterocycles. The van der Waals surface area contributed by atoms with Gasteiger partial charge in [0.1, 0.15) is 5.75 Å². The molecule has 0 aliphatic rings. The Bertz CT molecular complexity index is 453. The van der Waals surface area contributed by atoms with Gasteiger partial charge in [0.25, 0.3) is 0 Å². The number of hydrogen-bond donors (Lipinski definition) is 3. The lowest BCUT2D eigenvalue weighted by molar-refractivity contribution is -0.119. The van der Waals surface area contributed by atoms with Gasteiger partial charge in [0.2, 0.25) is 5.91 Å². The highest BCUT2D eigenvalue weighted by atomic mass is 16.5. The van der Waals surface area contributed by atoms with Crippen LogP contribution in [0.4, 0.5) is 0 Å². The van der Waals surface area contributed by atoms with Crippen molar-refractivity contribution < 1.29 is 19.7 Å². The SMILES string of the molecule is COc1ccccc1/C=C/C(=O)NC(C)(CO)CO. The number of carbonyl (C=O) groups excluding carboxylic acids is 1. The average molecular weight is 265 g/mol. The lowest BCUT2D eigenvalue weighted by atomic mass is 10.1. The van der Waals surface area contributed by atoms with Gasteiger partial charge in [0.05, 0.1) is 25.9 Å². The Labute approximate surface area is 112 Å². The number of hydrogen-bond acceptors (Lipinski definition) is 4. The molecule has 0 radical (unpaired) electrons. The number of para-hydroxylation sites is 1. The summed E-state index contributed by atoms with van der Waals surface area (Å²) in [5.41, 5.74) is -0.253. The molecule has 1 aromatic carbocycles. The number of rotatable bonds is 6. The van der Waals surface area contributed by atoms with Gasteiger partial charge in [-0.2, -0.15) is 0 Å². The summed E-state index contributed by atoms with van der Waals surface area (Å²) >= 11 is 0. The van der Waals surface area contributed by atoms with Crippen LogP contribution in [0, 0.1) is 0 Å². The van der Waals surface area contributed by atoms with Crippen molar-refractivity contribution in [3.05, 3.63) is 35.9 Å². The molecule has 0 saturated carbocycles. The third-order valence-corrected chi connectivity index (χ3v) is 2.68. The monoisotopic (exact) mass is 265 g/mol. The number of nitrogens with one attached hydrogen (secondary N) is 1. The molecule has 0 atom stereocenters. The molecule has 0 fully saturated rings. The van der Waals surface area contributed by atoms with E-state index >= 15 is 0 Å². The van der Waals surface area contributed by atoms with Crippen LogP contribution in [0.5, 0.6) is 5.75 Å². The quantitative estimate of drug-likeness (QED) is 0.657. The molecule has 104 valence electrons. The first-order chi connectivity index (χ1) is 9.04. The zero-order valence-corrected chi connectivity index (χ0v) is 11.1. The summed E-state index contributed by atoms with van der Waals surface area (Å²) < 4.78 is 5.16. The minimum atomic E-state index is -1.03. The topological polar surface area (TPSA) is 78.8 Å². The van der Waals surface area contributed by atoms with Crippen LogP contribution in [0.25, 0.3) is 6.08 Å². The van der Waals surface area contributed by atoms with E-state index < -0.39 is 11.4 Å². The van der Waals surface area contributed by atoms with E-state index in [1.807, 2.05) is 18.2 Å². The van der Waals surface area contributed by atoms with Gasteiger partial charge < -0.3 is 20.3 Å². The molecule has 1 amide bonds. The maximum atomic E-state index is 11.7. The number of ether oxygens (including phenoxy) is 1. The van der Waals surface area contributed by atoms with Crippen molar-refractivity contribution in [1.82, 2.24) is 5.32 Å². The lowest BCUT2D eigenvalue weighted by Gasteiger charge is -2.25. The minimum Gasteiger partial charge on any atom is -0.496 e. The van der Waals surface area contributed by atoms with Gasteiger partial charge in [-0.3, -0.25) is 4.79 Å². The van der Waals surface area contributed by atoms with E-state index in [9.17, 15) is 4.79 Å². The number of benzene rings is 1. The van der Waals surface area contributed by atoms with Gasteiger partial charge in [-0.05, 0) is 19.1 Å². The second kappa shape index (κ2) is 6.92. The third-order valence-electron chi connectivity index (χ3n) is 2.68. The summed E-state index contributed by atoms with van der Waals surface area (Å²) in [6, 6.07) is 7.29. The Morgan fingerprint density at radius 1 is 1.37 bits per heavy atom. The highest BCUT2D eigenvalue weighted by Crippen LogP contribution is 2.18. The second-order valence-corrected chi connectivity index (χ2v) is 4.44. The van der Waals surface area contributed by atoms with Crippen LogP contribution < -0.4 is 10.1 Å². The summed E-state index contributed by atoms with van der Waals surface area (Å²) in [5, 5.41) is 20.7. The number of carbonyl (C=O) groups is 1. The standard InChI is InChI=1S/C14H19NO4/c1-14(9-16,10-17)15-13(18)8-7-11-5-3-4-6-12(11)19-2/h3-8,16-17H,9-10H2,1-2H3,(H,15,18)/b8-7+. The molecule has 5 nitrogen and oxygen atoms in total. The molecule has 0 spiro atoms. The van der Waals surface area contributed by atoms with Crippen LogP contribution in [-0.2, 0) is 4.79 Å². The van der Waals surface area contributed by atoms with Gasteiger partial charge in [-0.1, -0.05) is 18.2 Å². The molecule has 1 aromatic rings. The number of aliphatic hydroxyl groups excluding tert-OH is 2. The summed E-state index contributed by atoms with van der Waals surface area (Å²) in [4.78, 5) is 11.7. The van der Waals surface area contributed by atoms with Crippen molar-refractivity contribution in [2.45, 2.75) is 12.5 Å². The Morgan fingerprint density at radius 2 is 2.00 bits per heavy atom. The van der Waals surface area contributed by atoms with Crippen molar-refractivity contribution in [3.63, 3.8) is 0 Å². The summed E-state index contributed by atoms with van der Waals surface area (Å²) in [6.45, 7) is 0.886. The molecule has 0 bridgehead atoms. The fourth-order valence-corrected chi connectivity index (χ4v) is 1.44. The van der Waals surface area contributed by atoms with Crippen LogP contribution in [0.3, 0.4) is 0 Å². The average Bonchev–Trinajstić information content (AvgIpc) is 2.45. The molecule has 0 saturated heterocycles. The molecular weight excluding hydrogens is 246 g/mol. The Morgan fingerprint density at radius 3 is 2.58 bits per heavy atom. The number of methoxy groups -OCH3 is 1. The molecule has 3 N–H and O–H groups in total. The fourth-order valence-electron chi connectivity index (χ4n) is 1.44. The van der Waals surface area contributed by atoms with Crippen LogP contribution in [0.2, 0.25) is 0 Å². The molecule has 5 heteroatoms. The van der Waals surface area contributed by atoms with Crippen molar-refractivity contribution >= 4 is 12.0 Å². The molecule has 0 unspecified atom stereocenters. The maximum absolute atomic E-state index is 11.7. The molecule has 0 aliphatic heterocycles. The largest absolute Gasteiger partial charge is 0.496 e. The highest BCUT2D eigenvalue weighted by molar-refractivity contribution is 5.92. The maximum Gasteiger partial charge on any atom is 0.244 e. The normalized spacial score (nSPS) is 11.6. The summed E-state index contributed by atoms with van der Waals surface area (Å²) in [6.07, 6.45) is 2.95. The van der Waals surface area contributed by atoms with Crippen LogP contribution in [0.15, 0.2) is 30.3 Å². The van der Waals surface area contributed by atoms with Crippen molar-refractivity contribution in [3.8, 4) is 5.75 Å². The molecule has 0 aliphatic carbocycles. The van der Waals surface area contributed by atoms with E-state index in [-0.39, 0.29) is 13.2 Å². The van der Waals surface area contributed by atoms with Crippen molar-refractivity contribution in [2.24, 2.45) is 0 Å². The molecule has 19 heavy (non-hydrogen) atoms. The van der Waals surface area contributed by atoms with Gasteiger partial charge in [-0.15, -0.1) is 0 Å². The van der Waals surface area contributed by atoms with E-state index in [4.69, 9.17) is 14.9 Å². The highest BCUT2D eigenvalue weighted by Gasteiger charge is 2.23. The predicted octanol–water partition coefficient (Wildman–Crippen LogP) is 0.568. The number of amides is 1. The first-order valence-corrected chi connectivity index (χ1v) is 5.89. The van der Waals surface area contributed by atoms with E-state index in [1.165, 1.54) is 6.08 Å². The third kappa shape index (κ3) is 4.39. The molecule has 1 rings (SSSR count). The van der Waals surface area contributed by atoms with Crippen molar-refractivity contribution in [1.29, 1.82) is 0 Å². The van der Waals surface area contributed by atoms with Crippen molar-refractivity contribution in [2.75, 3.05) is 20.3 Å². The first kappa shape index (κ1) is 15.2. The molecular formula is C14H19NO4. The van der Waals surface area contributed by atoms with E-state index in [2.05, 4.69) is 5.32 Å². The smallest absolute Gasteiger partial charge is 0.244 e. The minimum absolute atomic E-state index is 0.336. The van der Waals surface area contributed by atoms with Crippen LogP contribution in [-0.4, -0.2) is 42.0 Å². The molecule has 0 heterocycles. The van der Waals surface area contributed by atoms with Gasteiger partial charge in [-0.25, -0.2) is 0 Å². The first-order valence-electron chi connectivity index (χ1n) is 5.89. The fraction of sp³-hybridized carbons (Fsp3) is 0.357. The number of aliphatic hydroxyl groups is 2. The van der Waals surface area contributed by atoms with E-state index in [0.29, 0.717) is 5.75 Å². The predicted molar refractivity (Wildman–Crippen MR) is 72.7 cm³/mol. The van der Waals surface area contributed by atoms with E-state index in [0.717, 1.165) is 5.56 Å².